The summed E-state index contributed by atoms with van der Waals surface area (Å²) in [5, 5.41) is 2.82. The molecule has 0 unspecified atom stereocenters. The number of aromatic nitrogens is 3. The maximum Gasteiger partial charge on any atom is 0.416 e. The van der Waals surface area contributed by atoms with Crippen LogP contribution in [0.4, 0.5) is 22.0 Å². The second-order valence-corrected chi connectivity index (χ2v) is 8.51. The number of benzene rings is 1. The summed E-state index contributed by atoms with van der Waals surface area (Å²) >= 11 is 1.07. The van der Waals surface area contributed by atoms with Crippen molar-refractivity contribution in [3.8, 4) is 10.7 Å². The number of nitrogens with one attached hydrogen (secondary N) is 1. The van der Waals surface area contributed by atoms with E-state index in [2.05, 4.69) is 20.3 Å². The van der Waals surface area contributed by atoms with Crippen LogP contribution < -0.4 is 5.32 Å². The number of thiazole rings is 1. The molecule has 2 aromatic heterocycles. The molecule has 1 atom stereocenters. The van der Waals surface area contributed by atoms with Gasteiger partial charge in [0.15, 0.2) is 0 Å². The highest BCUT2D eigenvalue weighted by Crippen LogP contribution is 2.34. The molecule has 0 saturated heterocycles. The van der Waals surface area contributed by atoms with Crippen LogP contribution in [0, 0.1) is 0 Å². The lowest BCUT2D eigenvalue weighted by molar-refractivity contribution is -0.137. The standard InChI is InChI=1S/C22H20F5N5O2S/c1-4-32(3)21(34)15-10-30-20(35-15)17-16(28-5-6-29-17)11(2)31-19(33)13-7-12(18(23)24)8-14(9-13)22(25,26)27/h5-11,18H,4H2,1-3H3,(H,31,33)/t11-/m1/s1. The van der Waals surface area contributed by atoms with Crippen molar-refractivity contribution in [1.29, 1.82) is 0 Å². The second kappa shape index (κ2) is 10.4. The Balaban J connectivity index is 1.89. The van der Waals surface area contributed by atoms with Crippen molar-refractivity contribution in [2.24, 2.45) is 0 Å². The molecule has 3 rings (SSSR count). The highest BCUT2D eigenvalue weighted by Gasteiger charge is 2.33. The van der Waals surface area contributed by atoms with Crippen molar-refractivity contribution in [2.75, 3.05) is 13.6 Å². The Kier molecular flexibility index (Phi) is 7.78. The lowest BCUT2D eigenvalue weighted by atomic mass is 10.0. The Morgan fingerprint density at radius 1 is 1.11 bits per heavy atom. The third kappa shape index (κ3) is 5.96. The zero-order chi connectivity index (χ0) is 25.9. The second-order valence-electron chi connectivity index (χ2n) is 7.48. The van der Waals surface area contributed by atoms with E-state index in [1.807, 2.05) is 6.92 Å². The molecule has 7 nitrogen and oxygen atoms in total. The first-order valence-corrected chi connectivity index (χ1v) is 11.1. The van der Waals surface area contributed by atoms with Gasteiger partial charge in [-0.25, -0.2) is 13.8 Å². The smallest absolute Gasteiger partial charge is 0.344 e. The van der Waals surface area contributed by atoms with Crippen molar-refractivity contribution in [3.05, 3.63) is 64.1 Å². The lowest BCUT2D eigenvalue weighted by Crippen LogP contribution is -2.28. The predicted octanol–water partition coefficient (Wildman–Crippen LogP) is 5.14. The number of alkyl halides is 5. The van der Waals surface area contributed by atoms with Crippen LogP contribution in [0.25, 0.3) is 10.7 Å². The molecule has 2 heterocycles. The largest absolute Gasteiger partial charge is 0.416 e. The van der Waals surface area contributed by atoms with Crippen LogP contribution in [-0.4, -0.2) is 45.3 Å². The van der Waals surface area contributed by atoms with Gasteiger partial charge >= 0.3 is 6.18 Å². The van der Waals surface area contributed by atoms with Gasteiger partial charge in [0.2, 0.25) is 0 Å². The van der Waals surface area contributed by atoms with E-state index in [4.69, 9.17) is 0 Å². The van der Waals surface area contributed by atoms with Crippen molar-refractivity contribution >= 4 is 23.2 Å². The number of rotatable bonds is 7. The number of hydrogen-bond donors (Lipinski definition) is 1. The van der Waals surface area contributed by atoms with Gasteiger partial charge in [0.05, 0.1) is 23.5 Å². The molecule has 3 aromatic rings. The van der Waals surface area contributed by atoms with Crippen molar-refractivity contribution < 1.29 is 31.5 Å². The number of carbonyl (C=O) groups excluding carboxylic acids is 2. The van der Waals surface area contributed by atoms with Gasteiger partial charge in [0, 0.05) is 37.1 Å². The Bertz CT molecular complexity index is 1230. The van der Waals surface area contributed by atoms with Crippen molar-refractivity contribution in [1.82, 2.24) is 25.2 Å². The molecule has 186 valence electrons. The third-order valence-corrected chi connectivity index (χ3v) is 6.01. The first kappa shape index (κ1) is 26.1. The fourth-order valence-corrected chi connectivity index (χ4v) is 3.98. The van der Waals surface area contributed by atoms with Gasteiger partial charge < -0.3 is 10.2 Å². The van der Waals surface area contributed by atoms with Gasteiger partial charge in [-0.2, -0.15) is 13.2 Å². The molecule has 35 heavy (non-hydrogen) atoms. The normalized spacial score (nSPS) is 12.5. The summed E-state index contributed by atoms with van der Waals surface area (Å²) in [4.78, 5) is 39.6. The molecule has 13 heteroatoms. The van der Waals surface area contributed by atoms with Crippen LogP contribution in [0.3, 0.4) is 0 Å². The Labute approximate surface area is 201 Å². The van der Waals surface area contributed by atoms with E-state index in [1.165, 1.54) is 30.4 Å². The summed E-state index contributed by atoms with van der Waals surface area (Å²) in [6.45, 7) is 3.82. The summed E-state index contributed by atoms with van der Waals surface area (Å²) in [7, 11) is 1.64. The van der Waals surface area contributed by atoms with E-state index in [0.29, 0.717) is 34.6 Å². The van der Waals surface area contributed by atoms with Crippen LogP contribution in [0.1, 0.15) is 63.2 Å². The Morgan fingerprint density at radius 3 is 2.43 bits per heavy atom. The van der Waals surface area contributed by atoms with Gasteiger partial charge in [-0.15, -0.1) is 11.3 Å². The number of carbonyl (C=O) groups is 2. The fraction of sp³-hybridized carbons (Fsp3) is 0.318. The van der Waals surface area contributed by atoms with E-state index < -0.39 is 41.2 Å². The summed E-state index contributed by atoms with van der Waals surface area (Å²) in [6, 6.07) is 0.650. The molecular weight excluding hydrogens is 493 g/mol. The molecule has 0 aliphatic carbocycles. The average Bonchev–Trinajstić information content (AvgIpc) is 3.32. The summed E-state index contributed by atoms with van der Waals surface area (Å²) in [5.41, 5.74) is -2.35. The fourth-order valence-electron chi connectivity index (χ4n) is 3.07. The molecule has 0 radical (unpaired) electrons. The minimum Gasteiger partial charge on any atom is -0.344 e. The highest BCUT2D eigenvalue weighted by molar-refractivity contribution is 7.16. The molecule has 1 aromatic carbocycles. The number of nitrogens with zero attached hydrogens (tertiary/aromatic N) is 4. The number of halogens is 5. The zero-order valence-corrected chi connectivity index (χ0v) is 19.5. The van der Waals surface area contributed by atoms with Crippen molar-refractivity contribution in [2.45, 2.75) is 32.5 Å². The van der Waals surface area contributed by atoms with Gasteiger partial charge in [-0.05, 0) is 32.0 Å². The van der Waals surface area contributed by atoms with E-state index in [1.54, 1.807) is 7.05 Å². The average molecular weight is 513 g/mol. The van der Waals surface area contributed by atoms with Gasteiger partial charge in [-0.1, -0.05) is 0 Å². The highest BCUT2D eigenvalue weighted by atomic mass is 32.1. The molecule has 0 bridgehead atoms. The molecule has 0 aliphatic heterocycles. The van der Waals surface area contributed by atoms with E-state index in [9.17, 15) is 31.5 Å². The van der Waals surface area contributed by atoms with Crippen LogP contribution >= 0.6 is 11.3 Å². The van der Waals surface area contributed by atoms with Gasteiger partial charge in [-0.3, -0.25) is 19.6 Å². The minimum atomic E-state index is -4.91. The van der Waals surface area contributed by atoms with Crippen LogP contribution in [0.5, 0.6) is 0 Å². The maximum absolute atomic E-state index is 13.1. The summed E-state index contributed by atoms with van der Waals surface area (Å²) in [5.74, 6) is -1.23. The topological polar surface area (TPSA) is 88.1 Å². The summed E-state index contributed by atoms with van der Waals surface area (Å²) < 4.78 is 65.7. The van der Waals surface area contributed by atoms with Crippen molar-refractivity contribution in [3.63, 3.8) is 0 Å². The SMILES string of the molecule is CCN(C)C(=O)c1cnc(-c2nccnc2[C@@H](C)NC(=O)c2cc(C(F)F)cc(C(F)(F)F)c2)s1. The van der Waals surface area contributed by atoms with Crippen LogP contribution in [0.15, 0.2) is 36.8 Å². The summed E-state index contributed by atoms with van der Waals surface area (Å²) in [6.07, 6.45) is -3.97. The van der Waals surface area contributed by atoms with Crippen LogP contribution in [0.2, 0.25) is 0 Å². The lowest BCUT2D eigenvalue weighted by Gasteiger charge is -2.17. The Hall–Kier alpha value is -3.48. The molecular formula is C22H20F5N5O2S. The molecule has 1 N–H and O–H groups in total. The van der Waals surface area contributed by atoms with E-state index >= 15 is 0 Å². The minimum absolute atomic E-state index is 0.234. The molecule has 0 saturated carbocycles. The molecule has 0 spiro atoms. The number of amides is 2. The predicted molar refractivity (Wildman–Crippen MR) is 118 cm³/mol. The molecule has 2 amide bonds. The maximum atomic E-state index is 13.1. The first-order valence-electron chi connectivity index (χ1n) is 10.3. The monoisotopic (exact) mass is 513 g/mol. The quantitative estimate of drug-likeness (QED) is 0.442. The zero-order valence-electron chi connectivity index (χ0n) is 18.7. The van der Waals surface area contributed by atoms with E-state index in [-0.39, 0.29) is 17.3 Å². The number of hydrogen-bond acceptors (Lipinski definition) is 6. The third-order valence-electron chi connectivity index (χ3n) is 5.02. The van der Waals surface area contributed by atoms with Gasteiger partial charge in [0.25, 0.3) is 18.2 Å². The van der Waals surface area contributed by atoms with Gasteiger partial charge in [0.1, 0.15) is 15.6 Å². The first-order chi connectivity index (χ1) is 16.4. The van der Waals surface area contributed by atoms with E-state index in [0.717, 1.165) is 11.3 Å². The van der Waals surface area contributed by atoms with Crippen LogP contribution in [-0.2, 0) is 6.18 Å². The molecule has 0 fully saturated rings. The molecule has 0 aliphatic rings. The Morgan fingerprint density at radius 2 is 1.80 bits per heavy atom.